The summed E-state index contributed by atoms with van der Waals surface area (Å²) in [6.07, 6.45) is 1.96. The van der Waals surface area contributed by atoms with Crippen molar-refractivity contribution in [3.63, 3.8) is 0 Å². The molecule has 0 aromatic heterocycles. The molecule has 2 amide bonds. The molecule has 1 unspecified atom stereocenters. The maximum absolute atomic E-state index is 13.0. The van der Waals surface area contributed by atoms with Gasteiger partial charge < -0.3 is 10.2 Å². The van der Waals surface area contributed by atoms with Gasteiger partial charge in [0, 0.05) is 18.5 Å². The first-order valence-electron chi connectivity index (χ1n) is 6.89. The molecule has 1 aromatic rings. The SMILES string of the molecule is C=CC(=O)NCC(=O)N1CCC(C)(c2ccc(F)cc2)C1. The number of carbonyl (C=O) groups excluding carboxylic acids is 2. The maximum Gasteiger partial charge on any atom is 0.243 e. The van der Waals surface area contributed by atoms with Gasteiger partial charge in [-0.05, 0) is 30.2 Å². The molecule has 1 aromatic carbocycles. The van der Waals surface area contributed by atoms with Crippen molar-refractivity contribution in [2.24, 2.45) is 0 Å². The normalized spacial score (nSPS) is 21.1. The average Bonchev–Trinajstić information content (AvgIpc) is 2.88. The van der Waals surface area contributed by atoms with Gasteiger partial charge in [0.25, 0.3) is 0 Å². The average molecular weight is 290 g/mol. The lowest BCUT2D eigenvalue weighted by atomic mass is 9.82. The van der Waals surface area contributed by atoms with E-state index in [1.807, 2.05) is 0 Å². The zero-order valence-electron chi connectivity index (χ0n) is 12.1. The Hall–Kier alpha value is -2.17. The number of rotatable bonds is 4. The van der Waals surface area contributed by atoms with Crippen LogP contribution >= 0.6 is 0 Å². The minimum atomic E-state index is -0.358. The lowest BCUT2D eigenvalue weighted by Crippen LogP contribution is -2.40. The third kappa shape index (κ3) is 3.48. The first-order valence-corrected chi connectivity index (χ1v) is 6.89. The second-order valence-electron chi connectivity index (χ2n) is 5.55. The van der Waals surface area contributed by atoms with E-state index in [4.69, 9.17) is 0 Å². The molecule has 5 heteroatoms. The maximum atomic E-state index is 13.0. The number of hydrogen-bond donors (Lipinski definition) is 1. The fourth-order valence-corrected chi connectivity index (χ4v) is 2.61. The fraction of sp³-hybridized carbons (Fsp3) is 0.375. The fourth-order valence-electron chi connectivity index (χ4n) is 2.61. The summed E-state index contributed by atoms with van der Waals surface area (Å²) in [7, 11) is 0. The number of carbonyl (C=O) groups is 2. The molecule has 0 radical (unpaired) electrons. The Morgan fingerprint density at radius 1 is 1.43 bits per heavy atom. The van der Waals surface area contributed by atoms with Crippen LogP contribution in [0, 0.1) is 5.82 Å². The van der Waals surface area contributed by atoms with Crippen LogP contribution in [-0.2, 0) is 15.0 Å². The summed E-state index contributed by atoms with van der Waals surface area (Å²) >= 11 is 0. The van der Waals surface area contributed by atoms with Gasteiger partial charge in [-0.1, -0.05) is 25.6 Å². The van der Waals surface area contributed by atoms with Crippen LogP contribution in [0.15, 0.2) is 36.9 Å². The Bertz CT molecular complexity index is 556. The topological polar surface area (TPSA) is 49.4 Å². The Kier molecular flexibility index (Phi) is 4.40. The summed E-state index contributed by atoms with van der Waals surface area (Å²) in [6.45, 7) is 6.59. The van der Waals surface area contributed by atoms with Gasteiger partial charge >= 0.3 is 0 Å². The number of nitrogens with one attached hydrogen (secondary N) is 1. The van der Waals surface area contributed by atoms with Crippen molar-refractivity contribution in [2.75, 3.05) is 19.6 Å². The molecule has 1 saturated heterocycles. The molecule has 21 heavy (non-hydrogen) atoms. The Morgan fingerprint density at radius 2 is 2.10 bits per heavy atom. The second-order valence-corrected chi connectivity index (χ2v) is 5.55. The van der Waals surface area contributed by atoms with E-state index in [0.717, 1.165) is 18.1 Å². The quantitative estimate of drug-likeness (QED) is 0.857. The molecule has 2 rings (SSSR count). The molecule has 4 nitrogen and oxygen atoms in total. The number of halogens is 1. The van der Waals surface area contributed by atoms with E-state index in [-0.39, 0.29) is 29.6 Å². The van der Waals surface area contributed by atoms with Crippen molar-refractivity contribution in [2.45, 2.75) is 18.8 Å². The van der Waals surface area contributed by atoms with Gasteiger partial charge in [0.15, 0.2) is 0 Å². The van der Waals surface area contributed by atoms with Gasteiger partial charge in [-0.25, -0.2) is 4.39 Å². The summed E-state index contributed by atoms with van der Waals surface area (Å²) < 4.78 is 13.0. The van der Waals surface area contributed by atoms with Crippen molar-refractivity contribution in [1.82, 2.24) is 10.2 Å². The van der Waals surface area contributed by atoms with E-state index in [0.29, 0.717) is 13.1 Å². The minimum Gasteiger partial charge on any atom is -0.343 e. The largest absolute Gasteiger partial charge is 0.343 e. The molecular formula is C16H19FN2O2. The van der Waals surface area contributed by atoms with Crippen LogP contribution in [0.4, 0.5) is 4.39 Å². The summed E-state index contributed by atoms with van der Waals surface area (Å²) in [5, 5.41) is 2.49. The van der Waals surface area contributed by atoms with Crippen LogP contribution in [-0.4, -0.2) is 36.3 Å². The molecule has 1 fully saturated rings. The van der Waals surface area contributed by atoms with Crippen LogP contribution in [0.3, 0.4) is 0 Å². The Balaban J connectivity index is 1.98. The lowest BCUT2D eigenvalue weighted by Gasteiger charge is -2.25. The third-order valence-electron chi connectivity index (χ3n) is 3.97. The smallest absolute Gasteiger partial charge is 0.243 e. The van der Waals surface area contributed by atoms with Crippen molar-refractivity contribution >= 4 is 11.8 Å². The molecule has 0 aliphatic carbocycles. The van der Waals surface area contributed by atoms with Gasteiger partial charge in [-0.2, -0.15) is 0 Å². The highest BCUT2D eigenvalue weighted by Crippen LogP contribution is 2.34. The number of hydrogen-bond acceptors (Lipinski definition) is 2. The Morgan fingerprint density at radius 3 is 2.71 bits per heavy atom. The molecule has 1 N–H and O–H groups in total. The van der Waals surface area contributed by atoms with Crippen LogP contribution in [0.5, 0.6) is 0 Å². The summed E-state index contributed by atoms with van der Waals surface area (Å²) in [6, 6.07) is 6.41. The van der Waals surface area contributed by atoms with E-state index in [2.05, 4.69) is 18.8 Å². The zero-order chi connectivity index (χ0) is 15.5. The molecule has 0 bridgehead atoms. The van der Waals surface area contributed by atoms with E-state index < -0.39 is 0 Å². The number of likely N-dealkylation sites (tertiary alicyclic amines) is 1. The van der Waals surface area contributed by atoms with Gasteiger partial charge in [0.2, 0.25) is 11.8 Å². The van der Waals surface area contributed by atoms with Crippen LogP contribution in [0.1, 0.15) is 18.9 Å². The lowest BCUT2D eigenvalue weighted by molar-refractivity contribution is -0.131. The molecule has 1 atom stereocenters. The van der Waals surface area contributed by atoms with Crippen LogP contribution < -0.4 is 5.32 Å². The molecule has 112 valence electrons. The zero-order valence-corrected chi connectivity index (χ0v) is 12.1. The van der Waals surface area contributed by atoms with E-state index in [9.17, 15) is 14.0 Å². The molecule has 0 spiro atoms. The standard InChI is InChI=1S/C16H19FN2O2/c1-3-14(20)18-10-15(21)19-9-8-16(2,11-19)12-4-6-13(17)7-5-12/h3-7H,1,8-11H2,2H3,(H,18,20). The highest BCUT2D eigenvalue weighted by molar-refractivity contribution is 5.90. The first kappa shape index (κ1) is 15.2. The van der Waals surface area contributed by atoms with E-state index in [1.165, 1.54) is 12.1 Å². The monoisotopic (exact) mass is 290 g/mol. The van der Waals surface area contributed by atoms with E-state index in [1.54, 1.807) is 17.0 Å². The van der Waals surface area contributed by atoms with Crippen molar-refractivity contribution in [3.8, 4) is 0 Å². The molecule has 1 heterocycles. The van der Waals surface area contributed by atoms with Crippen LogP contribution in [0.25, 0.3) is 0 Å². The highest BCUT2D eigenvalue weighted by atomic mass is 19.1. The van der Waals surface area contributed by atoms with E-state index >= 15 is 0 Å². The predicted octanol–water partition coefficient (Wildman–Crippen LogP) is 1.62. The molecule has 1 aliphatic heterocycles. The van der Waals surface area contributed by atoms with Gasteiger partial charge in [-0.15, -0.1) is 0 Å². The number of nitrogens with zero attached hydrogens (tertiary/aromatic N) is 1. The highest BCUT2D eigenvalue weighted by Gasteiger charge is 2.37. The molecular weight excluding hydrogens is 271 g/mol. The van der Waals surface area contributed by atoms with Gasteiger partial charge in [0.1, 0.15) is 5.82 Å². The van der Waals surface area contributed by atoms with Gasteiger partial charge in [0.05, 0.1) is 6.54 Å². The molecule has 1 aliphatic rings. The number of benzene rings is 1. The second kappa shape index (κ2) is 6.08. The first-order chi connectivity index (χ1) is 9.94. The van der Waals surface area contributed by atoms with Gasteiger partial charge in [-0.3, -0.25) is 9.59 Å². The van der Waals surface area contributed by atoms with Crippen molar-refractivity contribution in [3.05, 3.63) is 48.3 Å². The third-order valence-corrected chi connectivity index (χ3v) is 3.97. The Labute approximate surface area is 123 Å². The van der Waals surface area contributed by atoms with Crippen molar-refractivity contribution < 1.29 is 14.0 Å². The summed E-state index contributed by atoms with van der Waals surface area (Å²) in [5.41, 5.74) is 0.848. The minimum absolute atomic E-state index is 0.0235. The molecule has 0 saturated carbocycles. The summed E-state index contributed by atoms with van der Waals surface area (Å²) in [4.78, 5) is 24.9. The van der Waals surface area contributed by atoms with Crippen LogP contribution in [0.2, 0.25) is 0 Å². The predicted molar refractivity (Wildman–Crippen MR) is 78.2 cm³/mol. The summed E-state index contributed by atoms with van der Waals surface area (Å²) in [5.74, 6) is -0.736. The number of amides is 2. The van der Waals surface area contributed by atoms with Crippen molar-refractivity contribution in [1.29, 1.82) is 0 Å².